The molecule has 1 aromatic heterocycles. The minimum Gasteiger partial charge on any atom is -0.310 e. The van der Waals surface area contributed by atoms with Crippen molar-refractivity contribution in [1.82, 2.24) is 9.97 Å². The van der Waals surface area contributed by atoms with E-state index in [0.29, 0.717) is 11.2 Å². The second-order valence-electron chi connectivity index (χ2n) is 3.88. The molecule has 0 radical (unpaired) electrons. The number of benzene rings is 1. The molecule has 0 atom stereocenters. The average Bonchev–Trinajstić information content (AvgIpc) is 2.45. The zero-order chi connectivity index (χ0) is 16.1. The van der Waals surface area contributed by atoms with Gasteiger partial charge in [0.1, 0.15) is 5.82 Å². The van der Waals surface area contributed by atoms with Gasteiger partial charge >= 0.3 is 0 Å². The number of aromatic amines is 1. The van der Waals surface area contributed by atoms with Gasteiger partial charge in [-0.15, -0.1) is 0 Å². The van der Waals surface area contributed by atoms with Gasteiger partial charge in [-0.25, -0.2) is 4.98 Å². The molecule has 0 bridgehead atoms. The third kappa shape index (κ3) is 7.07. The molecule has 0 saturated heterocycles. The van der Waals surface area contributed by atoms with Crippen molar-refractivity contribution < 1.29 is 0 Å². The van der Waals surface area contributed by atoms with Crippen LogP contribution in [0.2, 0.25) is 0 Å². The van der Waals surface area contributed by atoms with E-state index in [0.717, 1.165) is 11.1 Å². The van der Waals surface area contributed by atoms with Crippen molar-refractivity contribution in [3.05, 3.63) is 39.9 Å². The molecule has 0 aliphatic rings. The highest BCUT2D eigenvalue weighted by Gasteiger charge is 2.00. The summed E-state index contributed by atoms with van der Waals surface area (Å²) in [6.45, 7) is 16.0. The number of rotatable bonds is 0. The number of hydrogen-bond acceptors (Lipinski definition) is 2. The number of hydrogen-bond donors (Lipinski definition) is 1. The number of nitrogens with one attached hydrogen (secondary N) is 1. The molecule has 0 spiro atoms. The van der Waals surface area contributed by atoms with Gasteiger partial charge in [0.05, 0.1) is 10.9 Å². The Balaban J connectivity index is 0. The van der Waals surface area contributed by atoms with Crippen LogP contribution < -0.4 is 5.56 Å². The third-order valence-electron chi connectivity index (χ3n) is 1.98. The van der Waals surface area contributed by atoms with Crippen LogP contribution in [0.15, 0.2) is 23.0 Å². The number of H-pyrrole nitrogens is 1. The Morgan fingerprint density at radius 2 is 1.55 bits per heavy atom. The molecule has 2 aromatic rings. The van der Waals surface area contributed by atoms with E-state index in [9.17, 15) is 4.79 Å². The van der Waals surface area contributed by atoms with E-state index in [1.54, 1.807) is 6.92 Å². The van der Waals surface area contributed by atoms with Gasteiger partial charge in [0.2, 0.25) is 0 Å². The number of fused-ring (bicyclic) bond motifs is 1. The van der Waals surface area contributed by atoms with Crippen LogP contribution >= 0.6 is 0 Å². The van der Waals surface area contributed by atoms with Gasteiger partial charge < -0.3 is 4.98 Å². The Hall–Kier alpha value is -1.64. The van der Waals surface area contributed by atoms with Gasteiger partial charge in [0.25, 0.3) is 5.56 Å². The van der Waals surface area contributed by atoms with E-state index >= 15 is 0 Å². The highest BCUT2D eigenvalue weighted by Crippen LogP contribution is 2.08. The van der Waals surface area contributed by atoms with Gasteiger partial charge in [0, 0.05) is 0 Å². The van der Waals surface area contributed by atoms with Gasteiger partial charge in [-0.1, -0.05) is 59.6 Å². The monoisotopic (exact) mass is 278 g/mol. The van der Waals surface area contributed by atoms with Crippen molar-refractivity contribution in [3.8, 4) is 0 Å². The van der Waals surface area contributed by atoms with Crippen LogP contribution in [0.1, 0.15) is 59.4 Å². The summed E-state index contributed by atoms with van der Waals surface area (Å²) in [6.07, 6.45) is 1.25. The molecule has 0 aliphatic carbocycles. The molecule has 0 fully saturated rings. The van der Waals surface area contributed by atoms with Crippen molar-refractivity contribution in [2.75, 3.05) is 0 Å². The summed E-state index contributed by atoms with van der Waals surface area (Å²) in [5.41, 5.74) is 1.77. The standard InChI is InChI=1S/C10H10N2O.C3H8.2C2H6/c1-6-3-4-9-8(5-6)10(13)12-7(2)11-9;1-3-2;2*1-2/h3-5H,1-2H3,(H,11,12,13);3H2,1-2H3;2*1-2H3. The number of nitrogens with zero attached hydrogens (tertiary/aromatic N) is 1. The molecule has 2 rings (SSSR count). The lowest BCUT2D eigenvalue weighted by Gasteiger charge is -1.98. The normalized spacial score (nSPS) is 8.40. The fourth-order valence-corrected chi connectivity index (χ4v) is 1.37. The van der Waals surface area contributed by atoms with Crippen LogP contribution in [0.25, 0.3) is 10.9 Å². The van der Waals surface area contributed by atoms with Crippen molar-refractivity contribution in [2.24, 2.45) is 0 Å². The molecule has 1 heterocycles. The molecule has 0 saturated carbocycles. The minimum atomic E-state index is -0.0637. The summed E-state index contributed by atoms with van der Waals surface area (Å²) >= 11 is 0. The summed E-state index contributed by atoms with van der Waals surface area (Å²) in [5.74, 6) is 0.654. The largest absolute Gasteiger partial charge is 0.310 e. The lowest BCUT2D eigenvalue weighted by molar-refractivity contribution is 1.06. The Bertz CT molecular complexity index is 530. The van der Waals surface area contributed by atoms with Gasteiger partial charge in [-0.3, -0.25) is 4.79 Å². The smallest absolute Gasteiger partial charge is 0.258 e. The molecule has 1 aromatic carbocycles. The van der Waals surface area contributed by atoms with Crippen LogP contribution in [0.5, 0.6) is 0 Å². The Labute approximate surface area is 123 Å². The second-order valence-corrected chi connectivity index (χ2v) is 3.88. The van der Waals surface area contributed by atoms with Gasteiger partial charge in [-0.2, -0.15) is 0 Å². The van der Waals surface area contributed by atoms with E-state index in [1.807, 2.05) is 52.8 Å². The zero-order valence-corrected chi connectivity index (χ0v) is 14.3. The fourth-order valence-electron chi connectivity index (χ4n) is 1.37. The van der Waals surface area contributed by atoms with Crippen LogP contribution in [-0.4, -0.2) is 9.97 Å². The van der Waals surface area contributed by atoms with Crippen LogP contribution in [-0.2, 0) is 0 Å². The van der Waals surface area contributed by atoms with Crippen molar-refractivity contribution >= 4 is 10.9 Å². The third-order valence-corrected chi connectivity index (χ3v) is 1.98. The van der Waals surface area contributed by atoms with E-state index < -0.39 is 0 Å². The quantitative estimate of drug-likeness (QED) is 0.736. The molecule has 114 valence electrons. The fraction of sp³-hybridized carbons (Fsp3) is 0.529. The van der Waals surface area contributed by atoms with E-state index in [2.05, 4.69) is 23.8 Å². The summed E-state index contributed by atoms with van der Waals surface area (Å²) in [7, 11) is 0. The van der Waals surface area contributed by atoms with Crippen molar-refractivity contribution in [2.45, 2.75) is 61.8 Å². The molecule has 3 nitrogen and oxygen atoms in total. The molecular weight excluding hydrogens is 248 g/mol. The first-order chi connectivity index (χ1) is 9.58. The first-order valence-electron chi connectivity index (χ1n) is 7.55. The van der Waals surface area contributed by atoms with Crippen molar-refractivity contribution in [3.63, 3.8) is 0 Å². The molecule has 0 aliphatic heterocycles. The maximum absolute atomic E-state index is 11.5. The predicted octanol–water partition coefficient (Wildman–Crippen LogP) is 5.01. The molecule has 0 amide bonds. The topological polar surface area (TPSA) is 45.8 Å². The van der Waals surface area contributed by atoms with E-state index in [1.165, 1.54) is 6.42 Å². The maximum Gasteiger partial charge on any atom is 0.258 e. The first kappa shape index (κ1) is 20.7. The van der Waals surface area contributed by atoms with Crippen LogP contribution in [0.4, 0.5) is 0 Å². The Morgan fingerprint density at radius 1 is 1.05 bits per heavy atom. The molecule has 20 heavy (non-hydrogen) atoms. The summed E-state index contributed by atoms with van der Waals surface area (Å²) < 4.78 is 0. The Morgan fingerprint density at radius 3 is 2.05 bits per heavy atom. The number of aromatic nitrogens is 2. The minimum absolute atomic E-state index is 0.0637. The van der Waals surface area contributed by atoms with E-state index in [4.69, 9.17) is 0 Å². The summed E-state index contributed by atoms with van der Waals surface area (Å²) in [4.78, 5) is 18.4. The first-order valence-corrected chi connectivity index (χ1v) is 7.55. The molecular formula is C17H30N2O. The van der Waals surface area contributed by atoms with Crippen LogP contribution in [0, 0.1) is 13.8 Å². The van der Waals surface area contributed by atoms with Gasteiger partial charge in [-0.05, 0) is 26.0 Å². The molecule has 1 N–H and O–H groups in total. The Kier molecular flexibility index (Phi) is 12.8. The lowest BCUT2D eigenvalue weighted by Crippen LogP contribution is -2.09. The highest BCUT2D eigenvalue weighted by molar-refractivity contribution is 5.78. The van der Waals surface area contributed by atoms with Crippen LogP contribution in [0.3, 0.4) is 0 Å². The van der Waals surface area contributed by atoms with Gasteiger partial charge in [0.15, 0.2) is 0 Å². The lowest BCUT2D eigenvalue weighted by atomic mass is 10.2. The zero-order valence-electron chi connectivity index (χ0n) is 14.3. The molecule has 3 heteroatoms. The van der Waals surface area contributed by atoms with Crippen molar-refractivity contribution in [1.29, 1.82) is 0 Å². The highest BCUT2D eigenvalue weighted by atomic mass is 16.1. The SMILES string of the molecule is CC.CC.CCC.Cc1ccc2nc(C)[nH]c(=O)c2c1. The maximum atomic E-state index is 11.5. The van der Waals surface area contributed by atoms with E-state index in [-0.39, 0.29) is 5.56 Å². The number of aryl methyl sites for hydroxylation is 2. The second kappa shape index (κ2) is 12.4. The average molecular weight is 278 g/mol. The predicted molar refractivity (Wildman–Crippen MR) is 90.5 cm³/mol. The summed E-state index contributed by atoms with van der Waals surface area (Å²) in [6, 6.07) is 5.67. The molecule has 0 unspecified atom stereocenters. The summed E-state index contributed by atoms with van der Waals surface area (Å²) in [5, 5.41) is 0.658.